The minimum atomic E-state index is -4.59. The van der Waals surface area contributed by atoms with Gasteiger partial charge in [0.2, 0.25) is 5.91 Å². The van der Waals surface area contributed by atoms with E-state index in [0.29, 0.717) is 17.4 Å². The molecule has 0 radical (unpaired) electrons. The van der Waals surface area contributed by atoms with Crippen LogP contribution in [0.5, 0.6) is 0 Å². The maximum atomic E-state index is 13.0. The van der Waals surface area contributed by atoms with Crippen molar-refractivity contribution < 1.29 is 32.9 Å². The highest BCUT2D eigenvalue weighted by atomic mass is 31.2. The van der Waals surface area contributed by atoms with E-state index >= 15 is 0 Å². The molecule has 0 fully saturated rings. The number of quaternary nitrogens is 1. The molecule has 0 aromatic heterocycles. The lowest BCUT2D eigenvalue weighted by Crippen LogP contribution is -2.45. The molecule has 0 saturated heterocycles. The van der Waals surface area contributed by atoms with Gasteiger partial charge in [-0.05, 0) is 51.4 Å². The van der Waals surface area contributed by atoms with E-state index in [1.807, 2.05) is 27.2 Å². The molecule has 9 heteroatoms. The van der Waals surface area contributed by atoms with Gasteiger partial charge < -0.3 is 28.8 Å². The third kappa shape index (κ3) is 54.5. The third-order valence-electron chi connectivity index (χ3n) is 13.8. The highest BCUT2D eigenvalue weighted by Gasteiger charge is 2.23. The van der Waals surface area contributed by atoms with E-state index in [2.05, 4.69) is 43.5 Å². The molecule has 0 aromatic carbocycles. The second-order valence-corrected chi connectivity index (χ2v) is 23.5. The molecular weight excluding hydrogens is 888 g/mol. The number of aliphatic hydroxyl groups excluding tert-OH is 1. The van der Waals surface area contributed by atoms with Crippen molar-refractivity contribution in [2.45, 2.75) is 309 Å². The van der Waals surface area contributed by atoms with E-state index in [0.717, 1.165) is 44.9 Å². The predicted octanol–water partition coefficient (Wildman–Crippen LogP) is 17.9. The summed E-state index contributed by atoms with van der Waals surface area (Å²) in [7, 11) is 1.27. The summed E-state index contributed by atoms with van der Waals surface area (Å²) in [6.45, 7) is 4.67. The van der Waals surface area contributed by atoms with Crippen LogP contribution in [0.2, 0.25) is 0 Å². The van der Waals surface area contributed by atoms with Crippen LogP contribution >= 0.6 is 7.82 Å². The number of amides is 1. The van der Waals surface area contributed by atoms with Gasteiger partial charge in [-0.2, -0.15) is 0 Å². The SMILES string of the molecule is CCCCCCC/C=C\C/C=C\CCCCCCCCCCCCCCCCCCCCCC(=O)NC(COP(=O)([O-])OCC[N+](C)(C)C)C(O)/C=C/CCCCCCCCCCCCCCCCC. The molecule has 1 amide bonds. The first-order chi connectivity index (χ1) is 34.0. The summed E-state index contributed by atoms with van der Waals surface area (Å²) >= 11 is 0. The molecular formula is C61H119N2O6P. The van der Waals surface area contributed by atoms with Gasteiger partial charge in [-0.1, -0.05) is 275 Å². The fourth-order valence-corrected chi connectivity index (χ4v) is 9.79. The van der Waals surface area contributed by atoms with Gasteiger partial charge in [0.05, 0.1) is 39.9 Å². The molecule has 0 bridgehead atoms. The summed E-state index contributed by atoms with van der Waals surface area (Å²) in [5.74, 6) is -0.193. The molecule has 8 nitrogen and oxygen atoms in total. The largest absolute Gasteiger partial charge is 0.756 e. The molecule has 0 aliphatic rings. The standard InChI is InChI=1S/C61H119N2O6P/c1-6-8-10-12-14-16-18-20-22-24-25-26-27-28-29-30-31-32-33-34-35-36-37-39-41-43-45-47-49-51-53-55-61(65)62-59(58-69-70(66,67)68-57-56-63(3,4)5)60(64)54-52-50-48-46-44-42-40-38-23-21-19-17-15-13-11-9-7-2/h18,20,24-25,52,54,59-60,64H,6-17,19,21-23,26-51,53,55-58H2,1-5H3,(H-,62,65,66,67)/b20-18-,25-24-,54-52+. The number of carbonyl (C=O) groups is 1. The summed E-state index contributed by atoms with van der Waals surface area (Å²) in [5, 5.41) is 13.9. The van der Waals surface area contributed by atoms with Crippen LogP contribution in [-0.4, -0.2) is 68.5 Å². The molecule has 414 valence electrons. The van der Waals surface area contributed by atoms with Crippen LogP contribution in [0.1, 0.15) is 296 Å². The van der Waals surface area contributed by atoms with Gasteiger partial charge in [0.15, 0.2) is 0 Å². The van der Waals surface area contributed by atoms with E-state index < -0.39 is 20.0 Å². The van der Waals surface area contributed by atoms with Crippen molar-refractivity contribution in [2.75, 3.05) is 40.9 Å². The molecule has 0 aliphatic heterocycles. The van der Waals surface area contributed by atoms with Gasteiger partial charge in [-0.15, -0.1) is 0 Å². The number of carbonyl (C=O) groups excluding carboxylic acids is 1. The lowest BCUT2D eigenvalue weighted by molar-refractivity contribution is -0.870. The summed E-state index contributed by atoms with van der Waals surface area (Å²) in [6, 6.07) is -0.885. The van der Waals surface area contributed by atoms with Gasteiger partial charge in [0.1, 0.15) is 13.2 Å². The van der Waals surface area contributed by atoms with Crippen LogP contribution in [0.4, 0.5) is 0 Å². The maximum Gasteiger partial charge on any atom is 0.268 e. The number of hydrogen-bond acceptors (Lipinski definition) is 6. The van der Waals surface area contributed by atoms with Crippen molar-refractivity contribution in [1.82, 2.24) is 5.32 Å². The number of likely N-dealkylation sites (N-methyl/N-ethyl adjacent to an activating group) is 1. The molecule has 0 aliphatic carbocycles. The van der Waals surface area contributed by atoms with Gasteiger partial charge >= 0.3 is 0 Å². The zero-order valence-electron chi connectivity index (χ0n) is 47.2. The minimum Gasteiger partial charge on any atom is -0.756 e. The number of nitrogens with zero attached hydrogens (tertiary/aromatic N) is 1. The fraction of sp³-hybridized carbons (Fsp3) is 0.885. The first-order valence-electron chi connectivity index (χ1n) is 30.4. The van der Waals surface area contributed by atoms with Gasteiger partial charge in [-0.25, -0.2) is 0 Å². The van der Waals surface area contributed by atoms with Crippen molar-refractivity contribution in [3.8, 4) is 0 Å². The summed E-state index contributed by atoms with van der Waals surface area (Å²) in [6.07, 6.45) is 68.0. The van der Waals surface area contributed by atoms with Crippen LogP contribution in [0, 0.1) is 0 Å². The normalized spacial score (nSPS) is 14.1. The van der Waals surface area contributed by atoms with Crippen LogP contribution in [0.15, 0.2) is 36.5 Å². The third-order valence-corrected chi connectivity index (χ3v) is 14.8. The van der Waals surface area contributed by atoms with E-state index in [1.54, 1.807) is 6.08 Å². The Hall–Kier alpha value is -1.28. The van der Waals surface area contributed by atoms with Crippen molar-refractivity contribution in [3.05, 3.63) is 36.5 Å². The molecule has 0 spiro atoms. The highest BCUT2D eigenvalue weighted by molar-refractivity contribution is 7.45. The number of hydrogen-bond donors (Lipinski definition) is 2. The van der Waals surface area contributed by atoms with E-state index in [1.165, 1.54) is 231 Å². The van der Waals surface area contributed by atoms with Gasteiger partial charge in [-0.3, -0.25) is 9.36 Å². The predicted molar refractivity (Wildman–Crippen MR) is 302 cm³/mol. The Bertz CT molecular complexity index is 1230. The Balaban J connectivity index is 4.07. The lowest BCUT2D eigenvalue weighted by atomic mass is 10.0. The van der Waals surface area contributed by atoms with Gasteiger partial charge in [0.25, 0.3) is 7.82 Å². The van der Waals surface area contributed by atoms with Crippen molar-refractivity contribution in [3.63, 3.8) is 0 Å². The molecule has 0 aromatic rings. The number of rotatable bonds is 56. The van der Waals surface area contributed by atoms with E-state index in [-0.39, 0.29) is 19.1 Å². The van der Waals surface area contributed by atoms with Crippen LogP contribution in [0.25, 0.3) is 0 Å². The smallest absolute Gasteiger partial charge is 0.268 e. The topological polar surface area (TPSA) is 108 Å². The number of aliphatic hydroxyl groups is 1. The zero-order chi connectivity index (χ0) is 51.3. The summed E-state index contributed by atoms with van der Waals surface area (Å²) < 4.78 is 23.4. The zero-order valence-corrected chi connectivity index (χ0v) is 48.1. The highest BCUT2D eigenvalue weighted by Crippen LogP contribution is 2.38. The van der Waals surface area contributed by atoms with Crippen LogP contribution in [0.3, 0.4) is 0 Å². The van der Waals surface area contributed by atoms with Crippen molar-refractivity contribution in [2.24, 2.45) is 0 Å². The summed E-state index contributed by atoms with van der Waals surface area (Å²) in [4.78, 5) is 25.5. The molecule has 3 atom stereocenters. The van der Waals surface area contributed by atoms with Crippen molar-refractivity contribution in [1.29, 1.82) is 0 Å². The van der Waals surface area contributed by atoms with E-state index in [9.17, 15) is 19.4 Å². The summed E-state index contributed by atoms with van der Waals surface area (Å²) in [5.41, 5.74) is 0. The Morgan fingerprint density at radius 2 is 0.829 bits per heavy atom. The minimum absolute atomic E-state index is 0.000725. The monoisotopic (exact) mass is 1010 g/mol. The number of phosphoric acid groups is 1. The van der Waals surface area contributed by atoms with Gasteiger partial charge in [0, 0.05) is 6.42 Å². The number of unbranched alkanes of at least 4 members (excludes halogenated alkanes) is 39. The number of nitrogens with one attached hydrogen (secondary N) is 1. The van der Waals surface area contributed by atoms with E-state index in [4.69, 9.17) is 9.05 Å². The quantitative estimate of drug-likeness (QED) is 0.0272. The van der Waals surface area contributed by atoms with Crippen molar-refractivity contribution >= 4 is 13.7 Å². The molecule has 2 N–H and O–H groups in total. The average Bonchev–Trinajstić information content (AvgIpc) is 3.32. The Morgan fingerprint density at radius 3 is 1.19 bits per heavy atom. The first kappa shape index (κ1) is 68.7. The Morgan fingerprint density at radius 1 is 0.500 bits per heavy atom. The fourth-order valence-electron chi connectivity index (χ4n) is 9.07. The number of allylic oxidation sites excluding steroid dienone is 5. The molecule has 70 heavy (non-hydrogen) atoms. The Kier molecular flexibility index (Phi) is 51.6. The second kappa shape index (κ2) is 52.6. The molecule has 0 heterocycles. The lowest BCUT2D eigenvalue weighted by Gasteiger charge is -2.29. The second-order valence-electron chi connectivity index (χ2n) is 22.1. The van der Waals surface area contributed by atoms with Crippen LogP contribution < -0.4 is 10.2 Å². The number of phosphoric ester groups is 1. The molecule has 0 rings (SSSR count). The average molecular weight is 1010 g/mol. The maximum absolute atomic E-state index is 13.0. The molecule has 3 unspecified atom stereocenters. The van der Waals surface area contributed by atoms with Crippen LogP contribution in [-0.2, 0) is 18.4 Å². The molecule has 0 saturated carbocycles. The Labute approximate surface area is 436 Å². The first-order valence-corrected chi connectivity index (χ1v) is 31.8.